The van der Waals surface area contributed by atoms with Crippen molar-refractivity contribution in [3.63, 3.8) is 0 Å². The lowest BCUT2D eigenvalue weighted by Gasteiger charge is -2.35. The predicted octanol–water partition coefficient (Wildman–Crippen LogP) is 3.32. The molecule has 0 N–H and O–H groups in total. The highest BCUT2D eigenvalue weighted by atomic mass is 28.4. The third kappa shape index (κ3) is 11.8. The molecule has 0 rings (SSSR count). The van der Waals surface area contributed by atoms with E-state index in [0.29, 0.717) is 0 Å². The maximum atomic E-state index is 6.63. The van der Waals surface area contributed by atoms with Gasteiger partial charge in [-0.25, -0.2) is 0 Å². The van der Waals surface area contributed by atoms with E-state index in [1.807, 2.05) is 0 Å². The first kappa shape index (κ1) is 19.3. The van der Waals surface area contributed by atoms with Crippen molar-refractivity contribution in [1.29, 1.82) is 0 Å². The SMILES string of the molecule is CN(C)CCC[Si](C)(CCCN(C)C)O[Si](C)(C)C. The lowest BCUT2D eigenvalue weighted by molar-refractivity contribution is 0.395. The zero-order valence-electron chi connectivity index (χ0n) is 14.5. The Morgan fingerprint density at radius 3 is 1.37 bits per heavy atom. The van der Waals surface area contributed by atoms with E-state index >= 15 is 0 Å². The van der Waals surface area contributed by atoms with E-state index in [1.54, 1.807) is 0 Å². The summed E-state index contributed by atoms with van der Waals surface area (Å²) in [5, 5.41) is 0. The van der Waals surface area contributed by atoms with Gasteiger partial charge < -0.3 is 13.9 Å². The van der Waals surface area contributed by atoms with Gasteiger partial charge in [-0.2, -0.15) is 0 Å². The standard InChI is InChI=1S/C14H36N2OSi2/c1-15(2)11-9-13-19(8,17-18(5,6)7)14-10-12-16(3)4/h9-14H2,1-8H3. The molecule has 0 saturated heterocycles. The second kappa shape index (κ2) is 8.57. The summed E-state index contributed by atoms with van der Waals surface area (Å²) in [6, 6.07) is 2.62. The van der Waals surface area contributed by atoms with Crippen LogP contribution in [0.1, 0.15) is 12.8 Å². The molecule has 0 aliphatic rings. The molecule has 0 heterocycles. The van der Waals surface area contributed by atoms with Crippen molar-refractivity contribution in [2.75, 3.05) is 41.3 Å². The van der Waals surface area contributed by atoms with Crippen molar-refractivity contribution >= 4 is 16.6 Å². The molecule has 0 radical (unpaired) electrons. The number of hydrogen-bond acceptors (Lipinski definition) is 3. The van der Waals surface area contributed by atoms with E-state index in [0.717, 1.165) is 0 Å². The van der Waals surface area contributed by atoms with Crippen LogP contribution in [0.15, 0.2) is 0 Å². The molecular formula is C14H36N2OSi2. The van der Waals surface area contributed by atoms with E-state index in [9.17, 15) is 0 Å². The second-order valence-electron chi connectivity index (χ2n) is 7.48. The molecule has 0 spiro atoms. The summed E-state index contributed by atoms with van der Waals surface area (Å²) in [5.74, 6) is 0. The van der Waals surface area contributed by atoms with Crippen LogP contribution in [0.25, 0.3) is 0 Å². The van der Waals surface area contributed by atoms with E-state index in [-0.39, 0.29) is 0 Å². The van der Waals surface area contributed by atoms with Gasteiger partial charge in [0.15, 0.2) is 16.6 Å². The first-order valence-corrected chi connectivity index (χ1v) is 13.8. The normalized spacial score (nSPS) is 13.6. The summed E-state index contributed by atoms with van der Waals surface area (Å²) in [5.41, 5.74) is 0. The fourth-order valence-corrected chi connectivity index (χ4v) is 11.3. The van der Waals surface area contributed by atoms with Crippen LogP contribution < -0.4 is 0 Å². The fourth-order valence-electron chi connectivity index (χ4n) is 2.50. The molecular weight excluding hydrogens is 268 g/mol. The van der Waals surface area contributed by atoms with Crippen molar-refractivity contribution in [2.45, 2.75) is 51.1 Å². The van der Waals surface area contributed by atoms with Crippen LogP contribution in [-0.4, -0.2) is 67.7 Å². The molecule has 0 fully saturated rings. The lowest BCUT2D eigenvalue weighted by atomic mass is 10.4. The van der Waals surface area contributed by atoms with Gasteiger partial charge in [-0.3, -0.25) is 0 Å². The molecule has 0 unspecified atom stereocenters. The monoisotopic (exact) mass is 304 g/mol. The molecule has 3 nitrogen and oxygen atoms in total. The van der Waals surface area contributed by atoms with Gasteiger partial charge in [-0.15, -0.1) is 0 Å². The molecule has 116 valence electrons. The Morgan fingerprint density at radius 1 is 0.737 bits per heavy atom. The Hall–Kier alpha value is 0.314. The van der Waals surface area contributed by atoms with Gasteiger partial charge in [0.05, 0.1) is 0 Å². The maximum Gasteiger partial charge on any atom is 0.176 e. The molecule has 0 atom stereocenters. The molecule has 0 saturated carbocycles. The summed E-state index contributed by atoms with van der Waals surface area (Å²) < 4.78 is 6.63. The van der Waals surface area contributed by atoms with E-state index < -0.39 is 16.6 Å². The zero-order valence-corrected chi connectivity index (χ0v) is 16.5. The second-order valence-corrected chi connectivity index (χ2v) is 16.4. The quantitative estimate of drug-likeness (QED) is 0.576. The molecule has 0 aromatic heterocycles. The Labute approximate surface area is 123 Å². The molecule has 0 aliphatic heterocycles. The van der Waals surface area contributed by atoms with Crippen molar-refractivity contribution in [1.82, 2.24) is 9.80 Å². The minimum Gasteiger partial charge on any atom is -0.456 e. The summed E-state index contributed by atoms with van der Waals surface area (Å²) in [6.07, 6.45) is 2.56. The minimum atomic E-state index is -1.51. The third-order valence-electron chi connectivity index (χ3n) is 3.17. The number of rotatable bonds is 10. The third-order valence-corrected chi connectivity index (χ3v) is 10.4. The Balaban J connectivity index is 4.35. The van der Waals surface area contributed by atoms with Crippen LogP contribution in [0.5, 0.6) is 0 Å². The van der Waals surface area contributed by atoms with Crippen LogP contribution in [0.3, 0.4) is 0 Å². The largest absolute Gasteiger partial charge is 0.456 e. The van der Waals surface area contributed by atoms with Crippen LogP contribution in [0, 0.1) is 0 Å². The highest BCUT2D eigenvalue weighted by Crippen LogP contribution is 2.25. The molecule has 0 aromatic carbocycles. The van der Waals surface area contributed by atoms with Gasteiger partial charge in [0.2, 0.25) is 0 Å². The van der Waals surface area contributed by atoms with Gasteiger partial charge in [0.1, 0.15) is 0 Å². The Bertz CT molecular complexity index is 226. The van der Waals surface area contributed by atoms with Gasteiger partial charge >= 0.3 is 0 Å². The minimum absolute atomic E-state index is 1.19. The first-order valence-electron chi connectivity index (χ1n) is 7.54. The summed E-state index contributed by atoms with van der Waals surface area (Å²) >= 11 is 0. The number of nitrogens with zero attached hydrogens (tertiary/aromatic N) is 2. The average molecular weight is 305 g/mol. The van der Waals surface area contributed by atoms with Crippen molar-refractivity contribution in [3.8, 4) is 0 Å². The number of hydrogen-bond donors (Lipinski definition) is 0. The van der Waals surface area contributed by atoms with Gasteiger partial charge in [0.25, 0.3) is 0 Å². The topological polar surface area (TPSA) is 15.7 Å². The van der Waals surface area contributed by atoms with Crippen LogP contribution >= 0.6 is 0 Å². The summed E-state index contributed by atoms with van der Waals surface area (Å²) in [4.78, 5) is 4.56. The fraction of sp³-hybridized carbons (Fsp3) is 1.00. The van der Waals surface area contributed by atoms with E-state index in [2.05, 4.69) is 64.2 Å². The summed E-state index contributed by atoms with van der Waals surface area (Å²) in [6.45, 7) is 11.8. The Morgan fingerprint density at radius 2 is 1.11 bits per heavy atom. The van der Waals surface area contributed by atoms with Crippen LogP contribution in [0.2, 0.25) is 38.3 Å². The molecule has 0 amide bonds. The highest BCUT2D eigenvalue weighted by Gasteiger charge is 2.33. The van der Waals surface area contributed by atoms with E-state index in [1.165, 1.54) is 38.0 Å². The van der Waals surface area contributed by atoms with Crippen LogP contribution in [0.4, 0.5) is 0 Å². The highest BCUT2D eigenvalue weighted by molar-refractivity contribution is 6.84. The molecule has 0 bridgehead atoms. The first-order chi connectivity index (χ1) is 8.54. The van der Waals surface area contributed by atoms with Gasteiger partial charge in [-0.05, 0) is 92.4 Å². The molecule has 5 heteroatoms. The van der Waals surface area contributed by atoms with Crippen LogP contribution in [-0.2, 0) is 4.12 Å². The zero-order chi connectivity index (χ0) is 15.1. The van der Waals surface area contributed by atoms with Crippen molar-refractivity contribution < 1.29 is 4.12 Å². The molecule has 0 aromatic rings. The van der Waals surface area contributed by atoms with Gasteiger partial charge in [0, 0.05) is 0 Å². The lowest BCUT2D eigenvalue weighted by Crippen LogP contribution is -2.45. The predicted molar refractivity (Wildman–Crippen MR) is 92.0 cm³/mol. The van der Waals surface area contributed by atoms with E-state index in [4.69, 9.17) is 4.12 Å². The maximum absolute atomic E-state index is 6.63. The van der Waals surface area contributed by atoms with Gasteiger partial charge in [-0.1, -0.05) is 0 Å². The molecule has 0 aliphatic carbocycles. The average Bonchev–Trinajstić information content (AvgIpc) is 2.12. The smallest absolute Gasteiger partial charge is 0.176 e. The summed E-state index contributed by atoms with van der Waals surface area (Å²) in [7, 11) is 5.71. The van der Waals surface area contributed by atoms with Crippen molar-refractivity contribution in [3.05, 3.63) is 0 Å². The Kier molecular flexibility index (Phi) is 8.71. The van der Waals surface area contributed by atoms with Crippen molar-refractivity contribution in [2.24, 2.45) is 0 Å². The molecule has 19 heavy (non-hydrogen) atoms.